The third-order valence-electron chi connectivity index (χ3n) is 3.70. The number of hydrogen-bond donors (Lipinski definition) is 1. The van der Waals surface area contributed by atoms with Crippen molar-refractivity contribution in [2.24, 2.45) is 0 Å². The maximum absolute atomic E-state index is 11.1. The molecule has 4 nitrogen and oxygen atoms in total. The molecule has 1 atom stereocenters. The molecule has 4 heteroatoms. The third kappa shape index (κ3) is 3.40. The first-order chi connectivity index (χ1) is 10.0. The van der Waals surface area contributed by atoms with E-state index in [2.05, 4.69) is 31.3 Å². The number of nitro benzene ring substituents is 1. The fourth-order valence-corrected chi connectivity index (χ4v) is 2.52. The van der Waals surface area contributed by atoms with Gasteiger partial charge >= 0.3 is 0 Å². The smallest absolute Gasteiger partial charge is 0.274 e. The molecule has 0 bridgehead atoms. The highest BCUT2D eigenvalue weighted by molar-refractivity contribution is 5.56. The van der Waals surface area contributed by atoms with Gasteiger partial charge in [-0.1, -0.05) is 37.3 Å². The molecule has 0 radical (unpaired) electrons. The molecule has 2 aromatic carbocycles. The second-order valence-corrected chi connectivity index (χ2v) is 5.18. The van der Waals surface area contributed by atoms with Gasteiger partial charge in [0.25, 0.3) is 5.69 Å². The molecule has 2 aromatic rings. The molecular formula is C17H20N2O2. The summed E-state index contributed by atoms with van der Waals surface area (Å²) in [6, 6.07) is 13.6. The Labute approximate surface area is 125 Å². The zero-order valence-electron chi connectivity index (χ0n) is 12.6. The normalized spacial score (nSPS) is 12.0. The number of nitrogens with zero attached hydrogens (tertiary/aromatic N) is 1. The van der Waals surface area contributed by atoms with Gasteiger partial charge in [0.2, 0.25) is 0 Å². The highest BCUT2D eigenvalue weighted by Crippen LogP contribution is 2.27. The van der Waals surface area contributed by atoms with E-state index in [1.54, 1.807) is 6.07 Å². The maximum Gasteiger partial charge on any atom is 0.274 e. The molecule has 110 valence electrons. The van der Waals surface area contributed by atoms with Crippen molar-refractivity contribution >= 4 is 11.4 Å². The van der Waals surface area contributed by atoms with E-state index in [0.717, 1.165) is 11.3 Å². The molecule has 0 saturated carbocycles. The van der Waals surface area contributed by atoms with Crippen molar-refractivity contribution in [1.29, 1.82) is 0 Å². The summed E-state index contributed by atoms with van der Waals surface area (Å²) in [6.45, 7) is 6.05. The second kappa shape index (κ2) is 6.39. The van der Waals surface area contributed by atoms with Gasteiger partial charge in [-0.2, -0.15) is 0 Å². The van der Waals surface area contributed by atoms with Crippen LogP contribution in [0.15, 0.2) is 42.5 Å². The molecule has 0 heterocycles. The number of benzene rings is 2. The first-order valence-corrected chi connectivity index (χ1v) is 7.12. The molecule has 0 saturated heterocycles. The van der Waals surface area contributed by atoms with Crippen LogP contribution in [-0.4, -0.2) is 4.92 Å². The summed E-state index contributed by atoms with van der Waals surface area (Å²) in [5.74, 6) is 0. The van der Waals surface area contributed by atoms with Crippen LogP contribution in [0, 0.1) is 17.0 Å². The van der Waals surface area contributed by atoms with E-state index in [1.165, 1.54) is 11.1 Å². The Kier molecular flexibility index (Phi) is 4.58. The minimum absolute atomic E-state index is 0.0956. The number of rotatable bonds is 5. The lowest BCUT2D eigenvalue weighted by Crippen LogP contribution is -2.08. The molecule has 0 aliphatic carbocycles. The lowest BCUT2D eigenvalue weighted by Gasteiger charge is -2.18. The number of nitrogens with one attached hydrogen (secondary N) is 1. The molecule has 21 heavy (non-hydrogen) atoms. The van der Waals surface area contributed by atoms with Crippen LogP contribution in [0.25, 0.3) is 0 Å². The predicted octanol–water partition coefficient (Wildman–Crippen LogP) is 4.64. The van der Waals surface area contributed by atoms with Crippen LogP contribution in [0.5, 0.6) is 0 Å². The van der Waals surface area contributed by atoms with E-state index in [9.17, 15) is 10.1 Å². The van der Waals surface area contributed by atoms with Gasteiger partial charge in [-0.3, -0.25) is 10.1 Å². The molecule has 0 fully saturated rings. The Balaban J connectivity index is 2.26. The number of hydrogen-bond acceptors (Lipinski definition) is 3. The van der Waals surface area contributed by atoms with E-state index in [0.29, 0.717) is 6.42 Å². The Bertz CT molecular complexity index is 653. The van der Waals surface area contributed by atoms with Crippen molar-refractivity contribution < 1.29 is 4.92 Å². The number of anilines is 1. The van der Waals surface area contributed by atoms with Crippen molar-refractivity contribution in [2.45, 2.75) is 33.2 Å². The van der Waals surface area contributed by atoms with Crippen LogP contribution in [-0.2, 0) is 6.42 Å². The summed E-state index contributed by atoms with van der Waals surface area (Å²) in [4.78, 5) is 10.8. The van der Waals surface area contributed by atoms with Gasteiger partial charge in [-0.25, -0.2) is 0 Å². The molecule has 0 amide bonds. The summed E-state index contributed by atoms with van der Waals surface area (Å²) in [5, 5.41) is 14.5. The molecule has 1 unspecified atom stereocenters. The molecule has 1 N–H and O–H groups in total. The summed E-state index contributed by atoms with van der Waals surface area (Å²) >= 11 is 0. The summed E-state index contributed by atoms with van der Waals surface area (Å²) < 4.78 is 0. The fraction of sp³-hybridized carbons (Fsp3) is 0.294. The SMILES string of the molecule is CCc1ccc(NC(C)c2ccccc2C)cc1[N+](=O)[O-]. The quantitative estimate of drug-likeness (QED) is 0.643. The van der Waals surface area contributed by atoms with Crippen molar-refractivity contribution in [3.63, 3.8) is 0 Å². The van der Waals surface area contributed by atoms with Crippen molar-refractivity contribution in [1.82, 2.24) is 0 Å². The third-order valence-corrected chi connectivity index (χ3v) is 3.70. The van der Waals surface area contributed by atoms with Crippen LogP contribution in [0.2, 0.25) is 0 Å². The van der Waals surface area contributed by atoms with E-state index in [4.69, 9.17) is 0 Å². The van der Waals surface area contributed by atoms with E-state index >= 15 is 0 Å². The first-order valence-electron chi connectivity index (χ1n) is 7.12. The van der Waals surface area contributed by atoms with E-state index in [-0.39, 0.29) is 16.7 Å². The zero-order chi connectivity index (χ0) is 15.4. The first kappa shape index (κ1) is 15.0. The lowest BCUT2D eigenvalue weighted by molar-refractivity contribution is -0.385. The predicted molar refractivity (Wildman–Crippen MR) is 85.7 cm³/mol. The van der Waals surface area contributed by atoms with Crippen LogP contribution in [0.1, 0.15) is 36.6 Å². The molecule has 0 aromatic heterocycles. The van der Waals surface area contributed by atoms with Crippen LogP contribution >= 0.6 is 0 Å². The highest BCUT2D eigenvalue weighted by Gasteiger charge is 2.14. The van der Waals surface area contributed by atoms with Crippen molar-refractivity contribution in [3.8, 4) is 0 Å². The van der Waals surface area contributed by atoms with E-state index in [1.807, 2.05) is 31.2 Å². The molecule has 0 aliphatic heterocycles. The average Bonchev–Trinajstić information content (AvgIpc) is 2.47. The van der Waals surface area contributed by atoms with Gasteiger partial charge in [0.05, 0.1) is 4.92 Å². The minimum atomic E-state index is -0.317. The van der Waals surface area contributed by atoms with Gasteiger partial charge < -0.3 is 5.32 Å². The monoisotopic (exact) mass is 284 g/mol. The zero-order valence-corrected chi connectivity index (χ0v) is 12.6. The standard InChI is InChI=1S/C17H20N2O2/c1-4-14-9-10-15(11-17(14)19(20)21)18-13(3)16-8-6-5-7-12(16)2/h5-11,13,18H,4H2,1-3H3. The lowest BCUT2D eigenvalue weighted by atomic mass is 10.0. The number of aryl methyl sites for hydroxylation is 2. The minimum Gasteiger partial charge on any atom is -0.378 e. The molecule has 0 spiro atoms. The second-order valence-electron chi connectivity index (χ2n) is 5.18. The summed E-state index contributed by atoms with van der Waals surface area (Å²) in [6.07, 6.45) is 0.657. The fourth-order valence-electron chi connectivity index (χ4n) is 2.52. The summed E-state index contributed by atoms with van der Waals surface area (Å²) in [5.41, 5.74) is 4.11. The van der Waals surface area contributed by atoms with Crippen LogP contribution < -0.4 is 5.32 Å². The van der Waals surface area contributed by atoms with Crippen molar-refractivity contribution in [2.75, 3.05) is 5.32 Å². The Morgan fingerprint density at radius 3 is 2.57 bits per heavy atom. The van der Waals surface area contributed by atoms with Crippen LogP contribution in [0.3, 0.4) is 0 Å². The topological polar surface area (TPSA) is 55.2 Å². The van der Waals surface area contributed by atoms with Gasteiger partial charge in [-0.15, -0.1) is 0 Å². The maximum atomic E-state index is 11.1. The molecular weight excluding hydrogens is 264 g/mol. The summed E-state index contributed by atoms with van der Waals surface area (Å²) in [7, 11) is 0. The van der Waals surface area contributed by atoms with Crippen LogP contribution in [0.4, 0.5) is 11.4 Å². The van der Waals surface area contributed by atoms with Gasteiger partial charge in [-0.05, 0) is 37.5 Å². The number of nitro groups is 1. The van der Waals surface area contributed by atoms with Gasteiger partial charge in [0.1, 0.15) is 0 Å². The molecule has 0 aliphatic rings. The largest absolute Gasteiger partial charge is 0.378 e. The van der Waals surface area contributed by atoms with Gasteiger partial charge in [0, 0.05) is 23.4 Å². The Morgan fingerprint density at radius 2 is 1.95 bits per heavy atom. The van der Waals surface area contributed by atoms with Gasteiger partial charge in [0.15, 0.2) is 0 Å². The Hall–Kier alpha value is -2.36. The molecule has 2 rings (SSSR count). The average molecular weight is 284 g/mol. The Morgan fingerprint density at radius 1 is 1.24 bits per heavy atom. The van der Waals surface area contributed by atoms with Crippen molar-refractivity contribution in [3.05, 3.63) is 69.3 Å². The van der Waals surface area contributed by atoms with E-state index < -0.39 is 0 Å². The highest BCUT2D eigenvalue weighted by atomic mass is 16.6.